The van der Waals surface area contributed by atoms with E-state index in [0.29, 0.717) is 0 Å². The molecule has 18 heavy (non-hydrogen) atoms. The summed E-state index contributed by atoms with van der Waals surface area (Å²) in [7, 11) is 0. The highest BCUT2D eigenvalue weighted by atomic mass is 19.4. The smallest absolute Gasteiger partial charge is 0.370 e. The van der Waals surface area contributed by atoms with Crippen molar-refractivity contribution in [1.82, 2.24) is 0 Å². The third-order valence-electron chi connectivity index (χ3n) is 2.67. The van der Waals surface area contributed by atoms with E-state index in [1.807, 2.05) is 32.9 Å². The van der Waals surface area contributed by atoms with Crippen LogP contribution in [-0.2, 0) is 4.74 Å². The molecule has 1 rings (SSSR count). The van der Waals surface area contributed by atoms with Crippen molar-refractivity contribution < 1.29 is 17.9 Å². The Kier molecular flexibility index (Phi) is 4.76. The number of benzene rings is 1. The lowest BCUT2D eigenvalue weighted by molar-refractivity contribution is -0.174. The van der Waals surface area contributed by atoms with Gasteiger partial charge in [0.2, 0.25) is 0 Å². The molecule has 1 aromatic rings. The molecule has 5 heteroatoms. The zero-order valence-electron chi connectivity index (χ0n) is 10.8. The molecule has 1 atom stereocenters. The lowest BCUT2D eigenvalue weighted by Crippen LogP contribution is -2.24. The molecule has 0 aliphatic rings. The number of rotatable bonds is 4. The van der Waals surface area contributed by atoms with Gasteiger partial charge in [-0.15, -0.1) is 0 Å². The molecule has 1 unspecified atom stereocenters. The molecular weight excluding hydrogens is 243 g/mol. The maximum absolute atomic E-state index is 12.0. The summed E-state index contributed by atoms with van der Waals surface area (Å²) in [5, 5.41) is 0. The van der Waals surface area contributed by atoms with Gasteiger partial charge in [-0.3, -0.25) is 0 Å². The average molecular weight is 261 g/mol. The van der Waals surface area contributed by atoms with Crippen molar-refractivity contribution in [2.75, 3.05) is 13.2 Å². The third kappa shape index (κ3) is 4.31. The number of hydrogen-bond acceptors (Lipinski definition) is 2. The van der Waals surface area contributed by atoms with Gasteiger partial charge in [0.1, 0.15) is 6.61 Å². The van der Waals surface area contributed by atoms with Crippen LogP contribution in [0.15, 0.2) is 12.1 Å². The lowest BCUT2D eigenvalue weighted by atomic mass is 9.95. The Balaban J connectivity index is 2.70. The first-order valence-corrected chi connectivity index (χ1v) is 5.68. The number of aryl methyl sites for hydroxylation is 3. The second-order valence-corrected chi connectivity index (χ2v) is 4.55. The van der Waals surface area contributed by atoms with Crippen LogP contribution < -0.4 is 5.73 Å². The Morgan fingerprint density at radius 1 is 1.17 bits per heavy atom. The van der Waals surface area contributed by atoms with Gasteiger partial charge in [-0.2, -0.15) is 13.2 Å². The molecule has 0 heterocycles. The Hall–Kier alpha value is -1.07. The Bertz CT molecular complexity index is 392. The van der Waals surface area contributed by atoms with E-state index in [0.717, 1.165) is 22.3 Å². The van der Waals surface area contributed by atoms with Crippen molar-refractivity contribution in [3.05, 3.63) is 34.4 Å². The maximum atomic E-state index is 12.0. The molecule has 0 spiro atoms. The molecule has 0 radical (unpaired) electrons. The topological polar surface area (TPSA) is 35.2 Å². The second-order valence-electron chi connectivity index (χ2n) is 4.55. The number of ether oxygens (including phenoxy) is 1. The minimum Gasteiger partial charge on any atom is -0.370 e. The van der Waals surface area contributed by atoms with E-state index < -0.39 is 18.8 Å². The molecule has 0 fully saturated rings. The fourth-order valence-corrected chi connectivity index (χ4v) is 2.16. The van der Waals surface area contributed by atoms with Gasteiger partial charge in [-0.05, 0) is 37.5 Å². The van der Waals surface area contributed by atoms with Gasteiger partial charge in [-0.25, -0.2) is 0 Å². The number of hydrogen-bond donors (Lipinski definition) is 1. The first kappa shape index (κ1) is 15.0. The van der Waals surface area contributed by atoms with E-state index in [1.54, 1.807) is 0 Å². The van der Waals surface area contributed by atoms with Gasteiger partial charge in [0, 0.05) is 0 Å². The molecule has 0 aromatic heterocycles. The van der Waals surface area contributed by atoms with E-state index in [4.69, 9.17) is 5.73 Å². The van der Waals surface area contributed by atoms with Gasteiger partial charge in [0.15, 0.2) is 0 Å². The fourth-order valence-electron chi connectivity index (χ4n) is 2.16. The van der Waals surface area contributed by atoms with Crippen LogP contribution in [0.1, 0.15) is 28.3 Å². The number of halogens is 3. The summed E-state index contributed by atoms with van der Waals surface area (Å²) in [5.41, 5.74) is 9.82. The van der Waals surface area contributed by atoms with Crippen LogP contribution in [0.5, 0.6) is 0 Å². The van der Waals surface area contributed by atoms with Crippen LogP contribution in [0.3, 0.4) is 0 Å². The molecule has 0 aliphatic carbocycles. The van der Waals surface area contributed by atoms with Crippen LogP contribution in [0, 0.1) is 20.8 Å². The van der Waals surface area contributed by atoms with Crippen molar-refractivity contribution in [2.24, 2.45) is 5.73 Å². The van der Waals surface area contributed by atoms with Crippen molar-refractivity contribution in [1.29, 1.82) is 0 Å². The van der Waals surface area contributed by atoms with E-state index in [2.05, 4.69) is 4.74 Å². The highest BCUT2D eigenvalue weighted by molar-refractivity contribution is 5.39. The lowest BCUT2D eigenvalue weighted by Gasteiger charge is -2.19. The molecule has 0 amide bonds. The molecular formula is C13H18F3NO. The summed E-state index contributed by atoms with van der Waals surface area (Å²) < 4.78 is 40.5. The summed E-state index contributed by atoms with van der Waals surface area (Å²) in [4.78, 5) is 0. The van der Waals surface area contributed by atoms with E-state index in [9.17, 15) is 13.2 Å². The summed E-state index contributed by atoms with van der Waals surface area (Å²) in [6.07, 6.45) is -4.31. The summed E-state index contributed by atoms with van der Waals surface area (Å²) in [6, 6.07) is 3.39. The van der Waals surface area contributed by atoms with E-state index in [-0.39, 0.29) is 6.61 Å². The molecule has 102 valence electrons. The zero-order chi connectivity index (χ0) is 13.9. The van der Waals surface area contributed by atoms with Crippen LogP contribution in [0.4, 0.5) is 13.2 Å². The Morgan fingerprint density at radius 3 is 2.11 bits per heavy atom. The molecule has 1 aromatic carbocycles. The van der Waals surface area contributed by atoms with Gasteiger partial charge in [0.25, 0.3) is 0 Å². The van der Waals surface area contributed by atoms with Gasteiger partial charge in [-0.1, -0.05) is 17.7 Å². The highest BCUT2D eigenvalue weighted by Crippen LogP contribution is 2.23. The zero-order valence-corrected chi connectivity index (χ0v) is 10.8. The number of nitrogens with two attached hydrogens (primary N) is 1. The molecule has 0 aliphatic heterocycles. The Morgan fingerprint density at radius 2 is 1.67 bits per heavy atom. The Labute approximate surface area is 105 Å². The highest BCUT2D eigenvalue weighted by Gasteiger charge is 2.28. The predicted molar refractivity (Wildman–Crippen MR) is 64.5 cm³/mol. The van der Waals surface area contributed by atoms with Gasteiger partial charge in [0.05, 0.1) is 12.6 Å². The minimum absolute atomic E-state index is 0.135. The average Bonchev–Trinajstić information content (AvgIpc) is 2.13. The summed E-state index contributed by atoms with van der Waals surface area (Å²) in [6.45, 7) is 4.38. The van der Waals surface area contributed by atoms with Crippen molar-refractivity contribution in [2.45, 2.75) is 33.0 Å². The van der Waals surface area contributed by atoms with Crippen LogP contribution in [0.2, 0.25) is 0 Å². The maximum Gasteiger partial charge on any atom is 0.411 e. The first-order valence-electron chi connectivity index (χ1n) is 5.68. The van der Waals surface area contributed by atoms with Crippen LogP contribution in [-0.4, -0.2) is 19.4 Å². The normalized spacial score (nSPS) is 13.7. The molecule has 2 nitrogen and oxygen atoms in total. The quantitative estimate of drug-likeness (QED) is 0.903. The monoisotopic (exact) mass is 261 g/mol. The number of alkyl halides is 3. The van der Waals surface area contributed by atoms with Gasteiger partial charge < -0.3 is 10.5 Å². The van der Waals surface area contributed by atoms with Crippen molar-refractivity contribution >= 4 is 0 Å². The predicted octanol–water partition coefficient (Wildman–Crippen LogP) is 3.19. The van der Waals surface area contributed by atoms with Crippen LogP contribution >= 0.6 is 0 Å². The molecule has 0 saturated heterocycles. The third-order valence-corrected chi connectivity index (χ3v) is 2.67. The van der Waals surface area contributed by atoms with E-state index >= 15 is 0 Å². The summed E-state index contributed by atoms with van der Waals surface area (Å²) in [5.74, 6) is 0. The molecule has 0 bridgehead atoms. The standard InChI is InChI=1S/C13H18F3NO/c1-8-4-9(2)12(10(3)5-8)11(17)6-18-7-13(14,15)16/h4-5,11H,6-7,17H2,1-3H3. The summed E-state index contributed by atoms with van der Waals surface area (Å²) >= 11 is 0. The minimum atomic E-state index is -4.31. The van der Waals surface area contributed by atoms with Crippen LogP contribution in [0.25, 0.3) is 0 Å². The van der Waals surface area contributed by atoms with E-state index in [1.165, 1.54) is 0 Å². The second kappa shape index (κ2) is 5.71. The molecule has 0 saturated carbocycles. The largest absolute Gasteiger partial charge is 0.411 e. The fraction of sp³-hybridized carbons (Fsp3) is 0.538. The first-order chi connectivity index (χ1) is 8.20. The van der Waals surface area contributed by atoms with Crippen molar-refractivity contribution in [3.63, 3.8) is 0 Å². The molecule has 2 N–H and O–H groups in total. The van der Waals surface area contributed by atoms with Gasteiger partial charge >= 0.3 is 6.18 Å². The SMILES string of the molecule is Cc1cc(C)c(C(N)COCC(F)(F)F)c(C)c1. The van der Waals surface area contributed by atoms with Crippen molar-refractivity contribution in [3.8, 4) is 0 Å².